The summed E-state index contributed by atoms with van der Waals surface area (Å²) in [5, 5.41) is 0. The van der Waals surface area contributed by atoms with E-state index in [0.717, 1.165) is 24.7 Å². The summed E-state index contributed by atoms with van der Waals surface area (Å²) in [5.74, 6) is 4.56. The normalized spacial score (nSPS) is 28.2. The van der Waals surface area contributed by atoms with Crippen LogP contribution in [-0.4, -0.2) is 14.6 Å². The first kappa shape index (κ1) is 47.4. The molecule has 264 valence electrons. The summed E-state index contributed by atoms with van der Waals surface area (Å²) in [6.45, 7) is 27.9. The van der Waals surface area contributed by atoms with E-state index >= 15 is 0 Å². The molecule has 0 spiro atoms. The number of halogens is 5. The third kappa shape index (κ3) is 20.4. The van der Waals surface area contributed by atoms with Gasteiger partial charge in [-0.05, 0) is 157 Å². The van der Waals surface area contributed by atoms with Crippen LogP contribution in [0.25, 0.3) is 0 Å². The Kier molecular flexibility index (Phi) is 23.3. The van der Waals surface area contributed by atoms with E-state index in [4.69, 9.17) is 34.8 Å². The Morgan fingerprint density at radius 3 is 1.51 bits per heavy atom. The van der Waals surface area contributed by atoms with Crippen molar-refractivity contribution in [1.82, 2.24) is 0 Å². The minimum absolute atomic E-state index is 0. The zero-order valence-corrected chi connectivity index (χ0v) is 34.7. The van der Waals surface area contributed by atoms with Crippen molar-refractivity contribution in [2.24, 2.45) is 23.7 Å². The Labute approximate surface area is 310 Å². The molecule has 4 rings (SSSR count). The summed E-state index contributed by atoms with van der Waals surface area (Å²) in [7, 11) is 0. The molecule has 5 heteroatoms. The Hall–Kier alpha value is 0.280. The molecule has 0 radical (unpaired) electrons. The summed E-state index contributed by atoms with van der Waals surface area (Å²) >= 11 is 18.7. The highest BCUT2D eigenvalue weighted by Gasteiger charge is 2.35. The van der Waals surface area contributed by atoms with Crippen molar-refractivity contribution in [2.45, 2.75) is 174 Å². The SMILES string of the molecule is C=C(C)C1CC=C(C)CC1.CC1(Cl)CCC(C(C)(C)Cl)CC1.CC1=CCC(C(C)(C)Cl)CC1.CC1=CCC([C+](C)C)CC1.Cl.[Cl-].[H+]. The van der Waals surface area contributed by atoms with Crippen molar-refractivity contribution < 1.29 is 13.8 Å². The van der Waals surface area contributed by atoms with E-state index < -0.39 is 0 Å². The molecule has 0 N–H and O–H groups in total. The molecule has 0 bridgehead atoms. The maximum Gasteiger partial charge on any atom is 1.00 e. The van der Waals surface area contributed by atoms with Gasteiger partial charge in [-0.25, -0.2) is 0 Å². The van der Waals surface area contributed by atoms with E-state index in [0.29, 0.717) is 11.8 Å². The van der Waals surface area contributed by atoms with Gasteiger partial charge >= 0.3 is 1.43 Å². The van der Waals surface area contributed by atoms with Crippen LogP contribution in [0, 0.1) is 29.6 Å². The number of rotatable bonds is 4. The minimum atomic E-state index is -0.0482. The molecule has 1 saturated carbocycles. The molecule has 1 fully saturated rings. The molecule has 0 aliphatic heterocycles. The third-order valence-electron chi connectivity index (χ3n) is 10.4. The molecule has 3 unspecified atom stereocenters. The van der Waals surface area contributed by atoms with E-state index in [1.165, 1.54) is 81.8 Å². The first-order chi connectivity index (χ1) is 19.7. The lowest BCUT2D eigenvalue weighted by Gasteiger charge is -2.37. The summed E-state index contributed by atoms with van der Waals surface area (Å²) < 4.78 is 0. The predicted molar refractivity (Wildman–Crippen MR) is 207 cm³/mol. The first-order valence-electron chi connectivity index (χ1n) is 17.2. The van der Waals surface area contributed by atoms with Gasteiger partial charge in [0.1, 0.15) is 5.92 Å². The fourth-order valence-electron chi connectivity index (χ4n) is 6.40. The molecule has 0 saturated heterocycles. The topological polar surface area (TPSA) is 0 Å². The molecule has 0 aromatic rings. The van der Waals surface area contributed by atoms with E-state index in [1.54, 1.807) is 17.1 Å². The average molecular weight is 728 g/mol. The standard InChI is InChI=1S/C10H18Cl2.C10H17Cl.C10H17.C10H16.2ClH/c1-9(2,11)8-4-6-10(3,12)7-5-8;1-8-4-6-9(7-5-8)10(2,3)11;2*1-8(2)10-6-4-9(3)5-7-10;;/h8H,4-7H2,1-3H3;4,9H,5-7H2,1-3H3;4,10H,5-7H2,1-3H3;4,10H,1,5-7H2,2-3H3;2*1H/q;;+1;;;. The van der Waals surface area contributed by atoms with Gasteiger partial charge in [-0.1, -0.05) is 47.1 Å². The zero-order valence-electron chi connectivity index (χ0n) is 31.9. The van der Waals surface area contributed by atoms with Crippen LogP contribution in [0.1, 0.15) is 161 Å². The second-order valence-electron chi connectivity index (χ2n) is 15.8. The highest BCUT2D eigenvalue weighted by atomic mass is 35.5. The molecule has 0 nitrogen and oxygen atoms in total. The molecular formula is C40H70Cl5+. The van der Waals surface area contributed by atoms with Crippen molar-refractivity contribution in [1.29, 1.82) is 0 Å². The fraction of sp³-hybridized carbons (Fsp3) is 0.775. The van der Waals surface area contributed by atoms with Gasteiger partial charge in [-0.15, -0.1) is 47.2 Å². The van der Waals surface area contributed by atoms with Crippen LogP contribution in [0.15, 0.2) is 47.1 Å². The Morgan fingerprint density at radius 1 is 0.778 bits per heavy atom. The van der Waals surface area contributed by atoms with Gasteiger partial charge in [0, 0.05) is 21.0 Å². The van der Waals surface area contributed by atoms with E-state index in [2.05, 4.69) is 101 Å². The largest absolute Gasteiger partial charge is 1.00 e. The molecule has 4 aliphatic rings. The van der Waals surface area contributed by atoms with E-state index in [-0.39, 0.29) is 40.9 Å². The fourth-order valence-corrected chi connectivity index (χ4v) is 7.03. The minimum Gasteiger partial charge on any atom is -1.00 e. The van der Waals surface area contributed by atoms with Crippen LogP contribution in [0.2, 0.25) is 0 Å². The molecule has 4 aliphatic carbocycles. The lowest BCUT2D eigenvalue weighted by atomic mass is 9.77. The summed E-state index contributed by atoms with van der Waals surface area (Å²) in [5.41, 5.74) is 6.01. The molecule has 0 amide bonds. The maximum absolute atomic E-state index is 6.26. The summed E-state index contributed by atoms with van der Waals surface area (Å²) in [4.78, 5) is -0.0246. The summed E-state index contributed by atoms with van der Waals surface area (Å²) in [6.07, 6.45) is 23.1. The van der Waals surface area contributed by atoms with Gasteiger partial charge in [-0.2, -0.15) is 0 Å². The molecule has 0 aromatic heterocycles. The van der Waals surface area contributed by atoms with Gasteiger partial charge in [0.2, 0.25) is 0 Å². The van der Waals surface area contributed by atoms with Crippen LogP contribution < -0.4 is 12.4 Å². The van der Waals surface area contributed by atoms with Gasteiger partial charge < -0.3 is 12.4 Å². The Morgan fingerprint density at radius 2 is 1.20 bits per heavy atom. The summed E-state index contributed by atoms with van der Waals surface area (Å²) in [6, 6.07) is 0. The van der Waals surface area contributed by atoms with Crippen LogP contribution in [0.5, 0.6) is 0 Å². The van der Waals surface area contributed by atoms with Crippen molar-refractivity contribution in [3.8, 4) is 0 Å². The highest BCUT2D eigenvalue weighted by Crippen LogP contribution is 2.43. The van der Waals surface area contributed by atoms with Gasteiger partial charge in [0.25, 0.3) is 0 Å². The van der Waals surface area contributed by atoms with Crippen LogP contribution in [-0.2, 0) is 0 Å². The van der Waals surface area contributed by atoms with E-state index in [1.807, 2.05) is 0 Å². The van der Waals surface area contributed by atoms with Crippen LogP contribution in [0.4, 0.5) is 0 Å². The third-order valence-corrected chi connectivity index (χ3v) is 11.4. The lowest BCUT2D eigenvalue weighted by molar-refractivity contribution is -0.0000103. The Balaban J connectivity index is -0.000000526. The second-order valence-corrected chi connectivity index (χ2v) is 18.7. The van der Waals surface area contributed by atoms with Crippen LogP contribution >= 0.6 is 47.2 Å². The Bertz CT molecular complexity index is 922. The number of hydrogen-bond acceptors (Lipinski definition) is 0. The number of hydrogen-bond donors (Lipinski definition) is 0. The zero-order chi connectivity index (χ0) is 33.0. The maximum atomic E-state index is 6.26. The van der Waals surface area contributed by atoms with Crippen LogP contribution in [0.3, 0.4) is 0 Å². The van der Waals surface area contributed by atoms with E-state index in [9.17, 15) is 0 Å². The first-order valence-corrected chi connectivity index (χ1v) is 18.3. The van der Waals surface area contributed by atoms with Gasteiger partial charge in [0.15, 0.2) is 0 Å². The second kappa shape index (κ2) is 22.1. The highest BCUT2D eigenvalue weighted by molar-refractivity contribution is 6.24. The average Bonchev–Trinajstić information content (AvgIpc) is 2.89. The molecule has 0 heterocycles. The molecule has 3 atom stereocenters. The monoisotopic (exact) mass is 725 g/mol. The lowest BCUT2D eigenvalue weighted by Crippen LogP contribution is -3.00. The van der Waals surface area contributed by atoms with Crippen molar-refractivity contribution in [3.05, 3.63) is 53.0 Å². The number of allylic oxidation sites excluding steroid dienone is 7. The van der Waals surface area contributed by atoms with Gasteiger partial charge in [-0.3, -0.25) is 0 Å². The predicted octanol–water partition coefficient (Wildman–Crippen LogP) is 12.1. The van der Waals surface area contributed by atoms with Crippen molar-refractivity contribution in [2.75, 3.05) is 0 Å². The molecule has 0 aromatic carbocycles. The quantitative estimate of drug-likeness (QED) is 0.154. The molecule has 45 heavy (non-hydrogen) atoms. The van der Waals surface area contributed by atoms with Crippen molar-refractivity contribution in [3.63, 3.8) is 0 Å². The van der Waals surface area contributed by atoms with Crippen molar-refractivity contribution >= 4 is 47.2 Å². The molecular weight excluding hydrogens is 658 g/mol. The number of alkyl halides is 3. The smallest absolute Gasteiger partial charge is 1.00 e. The van der Waals surface area contributed by atoms with Gasteiger partial charge in [0.05, 0.1) is 19.8 Å².